The second-order valence-electron chi connectivity index (χ2n) is 8.28. The van der Waals surface area contributed by atoms with Crippen molar-refractivity contribution in [2.75, 3.05) is 26.3 Å². The van der Waals surface area contributed by atoms with Gasteiger partial charge in [-0.2, -0.15) is 43.8 Å². The number of nitrogens with zero attached hydrogens (tertiary/aromatic N) is 1. The van der Waals surface area contributed by atoms with Crippen molar-refractivity contribution in [3.05, 3.63) is 0 Å². The van der Waals surface area contributed by atoms with Gasteiger partial charge in [0.1, 0.15) is 5.54 Å². The number of aliphatic carboxylic acids is 3. The van der Waals surface area contributed by atoms with Crippen LogP contribution >= 0.6 is 0 Å². The molecule has 2 saturated heterocycles. The molecule has 0 aromatic heterocycles. The highest BCUT2D eigenvalue weighted by Crippen LogP contribution is 2.32. The second-order valence-corrected chi connectivity index (χ2v) is 9.99. The van der Waals surface area contributed by atoms with Gasteiger partial charge in [0.2, 0.25) is 0 Å². The number of hydrogen-bond donors (Lipinski definition) is 8. The summed E-state index contributed by atoms with van der Waals surface area (Å²) in [6.07, 6.45) is -9.53. The van der Waals surface area contributed by atoms with E-state index < -0.39 is 71.1 Å². The van der Waals surface area contributed by atoms with Gasteiger partial charge in [0.05, 0.1) is 19.3 Å². The molecule has 15 nitrogen and oxygen atoms in total. The fraction of sp³-hybridized carbons (Fsp3) is 0.812. The summed E-state index contributed by atoms with van der Waals surface area (Å²) < 4.78 is 97.1. The molecular formula is C16H27BF6N4O11S. The molecule has 23 heteroatoms. The Morgan fingerprint density at radius 3 is 1.82 bits per heavy atom. The molecule has 2 aliphatic rings. The van der Waals surface area contributed by atoms with Crippen LogP contribution in [0.25, 0.3) is 0 Å². The first-order chi connectivity index (χ1) is 17.4. The zero-order chi connectivity index (χ0) is 31.0. The average molecular weight is 608 g/mol. The van der Waals surface area contributed by atoms with E-state index in [-0.39, 0.29) is 39.0 Å². The summed E-state index contributed by atoms with van der Waals surface area (Å²) in [6.45, 7) is -0.0384. The minimum atomic E-state index is -5.08. The van der Waals surface area contributed by atoms with Gasteiger partial charge in [0.25, 0.3) is 10.2 Å². The highest BCUT2D eigenvalue weighted by atomic mass is 32.2. The van der Waals surface area contributed by atoms with Crippen LogP contribution in [0.5, 0.6) is 0 Å². The number of carbonyl (C=O) groups is 3. The number of ether oxygens (including phenoxy) is 1. The normalized spacial score (nSPS) is 25.6. The summed E-state index contributed by atoms with van der Waals surface area (Å²) in [6, 6.07) is -1.05. The number of halogens is 6. The highest BCUT2D eigenvalue weighted by molar-refractivity contribution is 7.87. The molecule has 0 amide bonds. The number of nitrogens with two attached hydrogens (primary N) is 2. The zero-order valence-corrected chi connectivity index (χ0v) is 20.5. The summed E-state index contributed by atoms with van der Waals surface area (Å²) >= 11 is 0. The van der Waals surface area contributed by atoms with Crippen LogP contribution in [0.15, 0.2) is 0 Å². The number of carboxylic acid groups (broad SMARTS) is 3. The zero-order valence-electron chi connectivity index (χ0n) is 19.7. The van der Waals surface area contributed by atoms with E-state index in [2.05, 4.69) is 4.72 Å². The second kappa shape index (κ2) is 14.4. The van der Waals surface area contributed by atoms with E-state index in [4.69, 9.17) is 46.1 Å². The average Bonchev–Trinajstić information content (AvgIpc) is 3.31. The van der Waals surface area contributed by atoms with Gasteiger partial charge < -0.3 is 41.6 Å². The molecule has 0 aliphatic carbocycles. The van der Waals surface area contributed by atoms with Crippen LogP contribution in [0, 0.1) is 5.92 Å². The first kappa shape index (κ1) is 36.7. The largest absolute Gasteiger partial charge is 0.490 e. The van der Waals surface area contributed by atoms with Gasteiger partial charge in [0.15, 0.2) is 0 Å². The lowest BCUT2D eigenvalue weighted by Crippen LogP contribution is -2.56. The summed E-state index contributed by atoms with van der Waals surface area (Å²) in [5.41, 5.74) is 10.0. The lowest BCUT2D eigenvalue weighted by Gasteiger charge is -2.25. The smallest absolute Gasteiger partial charge is 0.480 e. The van der Waals surface area contributed by atoms with Gasteiger partial charge in [-0.3, -0.25) is 4.79 Å². The molecule has 1 unspecified atom stereocenters. The van der Waals surface area contributed by atoms with Crippen LogP contribution in [0.2, 0.25) is 6.32 Å². The third kappa shape index (κ3) is 12.2. The predicted molar refractivity (Wildman–Crippen MR) is 116 cm³/mol. The Labute approximate surface area is 217 Å². The van der Waals surface area contributed by atoms with E-state index in [1.165, 1.54) is 0 Å². The maximum atomic E-state index is 12.5. The molecule has 0 saturated carbocycles. The number of alkyl halides is 6. The molecule has 4 atom stereocenters. The van der Waals surface area contributed by atoms with Crippen molar-refractivity contribution in [3.8, 4) is 0 Å². The fourth-order valence-electron chi connectivity index (χ4n) is 3.17. The van der Waals surface area contributed by atoms with Gasteiger partial charge in [-0.05, 0) is 12.7 Å². The third-order valence-electron chi connectivity index (χ3n) is 5.25. The summed E-state index contributed by atoms with van der Waals surface area (Å²) in [7, 11) is -5.47. The molecule has 0 spiro atoms. The Hall–Kier alpha value is -2.28. The maximum absolute atomic E-state index is 12.5. The molecule has 2 heterocycles. The Morgan fingerprint density at radius 1 is 1.03 bits per heavy atom. The van der Waals surface area contributed by atoms with Gasteiger partial charge in [0, 0.05) is 25.0 Å². The van der Waals surface area contributed by atoms with Crippen molar-refractivity contribution in [2.45, 2.75) is 49.1 Å². The molecule has 10 N–H and O–H groups in total. The Kier molecular flexibility index (Phi) is 13.5. The predicted octanol–water partition coefficient (Wildman–Crippen LogP) is -2.22. The number of nitrogens with one attached hydrogen (secondary N) is 1. The first-order valence-electron chi connectivity index (χ1n) is 10.5. The topological polar surface area (TPSA) is 263 Å². The van der Waals surface area contributed by atoms with Crippen LogP contribution < -0.4 is 16.2 Å². The van der Waals surface area contributed by atoms with E-state index >= 15 is 0 Å². The van der Waals surface area contributed by atoms with Gasteiger partial charge in [-0.25, -0.2) is 9.59 Å². The van der Waals surface area contributed by atoms with Gasteiger partial charge >= 0.3 is 37.4 Å². The Balaban J connectivity index is 0.000000848. The highest BCUT2D eigenvalue weighted by Gasteiger charge is 2.52. The number of rotatable bonds is 8. The third-order valence-corrected chi connectivity index (χ3v) is 6.81. The SMILES string of the molecule is N[C@@H]1COCC1NS(=O)(=O)N1C[C@H](CCCB(O)O)[C@](N)(C(=O)O)C1.O=C(O)C(F)(F)F.O=C(O)C(F)(F)F. The fourth-order valence-corrected chi connectivity index (χ4v) is 4.71. The number of hydrogen-bond acceptors (Lipinski definition) is 10. The van der Waals surface area contributed by atoms with Crippen LogP contribution in [-0.4, -0.2) is 119 Å². The molecule has 2 rings (SSSR count). The molecule has 39 heavy (non-hydrogen) atoms. The van der Waals surface area contributed by atoms with Crippen molar-refractivity contribution in [3.63, 3.8) is 0 Å². The van der Waals surface area contributed by atoms with Gasteiger partial charge in [-0.1, -0.05) is 6.42 Å². The summed E-state index contributed by atoms with van der Waals surface area (Å²) in [5.74, 6) is -7.45. The minimum Gasteiger partial charge on any atom is -0.480 e. The Morgan fingerprint density at radius 2 is 1.49 bits per heavy atom. The molecule has 0 aromatic carbocycles. The monoisotopic (exact) mass is 608 g/mol. The molecule has 0 bridgehead atoms. The summed E-state index contributed by atoms with van der Waals surface area (Å²) in [4.78, 5) is 29.4. The number of carboxylic acids is 3. The molecule has 2 aliphatic heterocycles. The minimum absolute atomic E-state index is 0.0610. The molecule has 0 radical (unpaired) electrons. The van der Waals surface area contributed by atoms with Gasteiger partial charge in [-0.15, -0.1) is 0 Å². The molecule has 2 fully saturated rings. The standard InChI is InChI=1S/C12H25BN4O7S.2C2HF3O2/c14-9-5-24-6-10(9)16-25(22,23)17-4-8(2-1-3-13(20)21)12(15,7-17)11(18)19;2*3-2(4,5)1(6)7/h8-10,16,20-21H,1-7,14-15H2,(H,18,19);2*(H,6,7)/t8-,9+,10?,12-;;/m0../s1. The van der Waals surface area contributed by atoms with Crippen molar-refractivity contribution < 1.29 is 79.2 Å². The lowest BCUT2D eigenvalue weighted by atomic mass is 9.78. The molecule has 228 valence electrons. The maximum Gasteiger partial charge on any atom is 0.490 e. The Bertz CT molecular complexity index is 932. The van der Waals surface area contributed by atoms with Crippen molar-refractivity contribution >= 4 is 35.2 Å². The van der Waals surface area contributed by atoms with E-state index in [0.29, 0.717) is 6.42 Å². The lowest BCUT2D eigenvalue weighted by molar-refractivity contribution is -0.193. The van der Waals surface area contributed by atoms with E-state index in [1.807, 2.05) is 0 Å². The molecule has 0 aromatic rings. The van der Waals surface area contributed by atoms with Crippen molar-refractivity contribution in [1.82, 2.24) is 9.03 Å². The molecular weight excluding hydrogens is 581 g/mol. The quantitative estimate of drug-likeness (QED) is 0.107. The van der Waals surface area contributed by atoms with Crippen LogP contribution in [0.3, 0.4) is 0 Å². The van der Waals surface area contributed by atoms with Crippen LogP contribution in [0.4, 0.5) is 26.3 Å². The summed E-state index contributed by atoms with van der Waals surface area (Å²) in [5, 5.41) is 41.5. The van der Waals surface area contributed by atoms with E-state index in [1.54, 1.807) is 0 Å². The van der Waals surface area contributed by atoms with E-state index in [9.17, 15) is 44.7 Å². The first-order valence-corrected chi connectivity index (χ1v) is 12.0. The van der Waals surface area contributed by atoms with E-state index in [0.717, 1.165) is 4.31 Å². The van der Waals surface area contributed by atoms with Crippen molar-refractivity contribution in [1.29, 1.82) is 0 Å². The van der Waals surface area contributed by atoms with Crippen LogP contribution in [0.1, 0.15) is 12.8 Å². The van der Waals surface area contributed by atoms with Crippen molar-refractivity contribution in [2.24, 2.45) is 17.4 Å². The van der Waals surface area contributed by atoms with Crippen LogP contribution in [-0.2, 0) is 29.3 Å².